The Labute approximate surface area is 114 Å². The maximum absolute atomic E-state index is 8.37. The molecule has 0 aromatic carbocycles. The average molecular weight is 252 g/mol. The Morgan fingerprint density at radius 3 is 1.72 bits per heavy atom. The summed E-state index contributed by atoms with van der Waals surface area (Å²) in [5.41, 5.74) is 0. The first-order valence-electron chi connectivity index (χ1n) is 7.99. The maximum Gasteiger partial charge on any atom is 0.0635 e. The summed E-state index contributed by atoms with van der Waals surface area (Å²) in [5, 5.41) is 11.7. The molecule has 0 aliphatic carbocycles. The molecule has 0 saturated heterocycles. The van der Waals surface area contributed by atoms with Gasteiger partial charge in [-0.1, -0.05) is 71.1 Å². The highest BCUT2D eigenvalue weighted by atomic mass is 14.8. The predicted molar refractivity (Wildman–Crippen MR) is 79.6 cm³/mol. The van der Waals surface area contributed by atoms with E-state index in [2.05, 4.69) is 18.3 Å². The molecule has 0 saturated carbocycles. The lowest BCUT2D eigenvalue weighted by molar-refractivity contribution is 0.540. The van der Waals surface area contributed by atoms with E-state index in [0.717, 1.165) is 13.1 Å². The van der Waals surface area contributed by atoms with Gasteiger partial charge in [-0.2, -0.15) is 5.26 Å². The van der Waals surface area contributed by atoms with E-state index in [4.69, 9.17) is 5.26 Å². The normalized spacial score (nSPS) is 10.4. The topological polar surface area (TPSA) is 35.8 Å². The number of nitrogens with one attached hydrogen (secondary N) is 1. The zero-order valence-corrected chi connectivity index (χ0v) is 12.3. The molecule has 2 nitrogen and oxygen atoms in total. The molecule has 0 fully saturated rings. The summed E-state index contributed by atoms with van der Waals surface area (Å²) >= 11 is 0. The molecule has 0 bridgehead atoms. The van der Waals surface area contributed by atoms with E-state index in [9.17, 15) is 0 Å². The highest BCUT2D eigenvalue weighted by molar-refractivity contribution is 4.69. The Balaban J connectivity index is 2.89. The van der Waals surface area contributed by atoms with Crippen molar-refractivity contribution in [2.24, 2.45) is 0 Å². The number of unbranched alkanes of at least 4 members (excludes halogenated alkanes) is 10. The predicted octanol–water partition coefficient (Wildman–Crippen LogP) is 4.80. The molecule has 0 radical (unpaired) electrons. The SMILES string of the molecule is CCCCCCCCCCCCCNCCC#N. The van der Waals surface area contributed by atoms with Gasteiger partial charge in [0.15, 0.2) is 0 Å². The van der Waals surface area contributed by atoms with Crippen LogP contribution in [0.5, 0.6) is 0 Å². The molecule has 0 aromatic rings. The van der Waals surface area contributed by atoms with Crippen LogP contribution >= 0.6 is 0 Å². The highest BCUT2D eigenvalue weighted by Gasteiger charge is 1.93. The summed E-state index contributed by atoms with van der Waals surface area (Å²) in [4.78, 5) is 0. The Bertz CT molecular complexity index is 184. The molecule has 0 heterocycles. The van der Waals surface area contributed by atoms with Crippen LogP contribution < -0.4 is 5.32 Å². The number of hydrogen-bond donors (Lipinski definition) is 1. The first-order chi connectivity index (χ1) is 8.91. The van der Waals surface area contributed by atoms with Crippen molar-refractivity contribution >= 4 is 0 Å². The minimum absolute atomic E-state index is 0.637. The van der Waals surface area contributed by atoms with E-state index in [0.29, 0.717) is 6.42 Å². The largest absolute Gasteiger partial charge is 0.316 e. The second-order valence-electron chi connectivity index (χ2n) is 5.19. The van der Waals surface area contributed by atoms with Crippen LogP contribution in [0.3, 0.4) is 0 Å². The molecular formula is C16H32N2. The van der Waals surface area contributed by atoms with Crippen LogP contribution in [0.2, 0.25) is 0 Å². The van der Waals surface area contributed by atoms with E-state index in [1.54, 1.807) is 0 Å². The minimum atomic E-state index is 0.637. The first kappa shape index (κ1) is 17.4. The van der Waals surface area contributed by atoms with Crippen molar-refractivity contribution < 1.29 is 0 Å². The van der Waals surface area contributed by atoms with E-state index in [1.165, 1.54) is 70.6 Å². The standard InChI is InChI=1S/C16H32N2/c1-2-3-4-5-6-7-8-9-10-11-12-15-18-16-13-14-17/h18H,2-13,15-16H2,1H3. The molecule has 0 spiro atoms. The van der Waals surface area contributed by atoms with Crippen LogP contribution in [-0.2, 0) is 0 Å². The van der Waals surface area contributed by atoms with Crippen LogP contribution in [0.25, 0.3) is 0 Å². The molecule has 2 heteroatoms. The third-order valence-corrected chi connectivity index (χ3v) is 3.37. The van der Waals surface area contributed by atoms with Gasteiger partial charge in [-0.05, 0) is 13.0 Å². The molecule has 0 amide bonds. The molecular weight excluding hydrogens is 220 g/mol. The van der Waals surface area contributed by atoms with Crippen LogP contribution in [0.15, 0.2) is 0 Å². The van der Waals surface area contributed by atoms with E-state index in [1.807, 2.05) is 0 Å². The number of nitrogens with zero attached hydrogens (tertiary/aromatic N) is 1. The fraction of sp³-hybridized carbons (Fsp3) is 0.938. The van der Waals surface area contributed by atoms with Gasteiger partial charge in [0.05, 0.1) is 6.07 Å². The van der Waals surface area contributed by atoms with Gasteiger partial charge in [0.2, 0.25) is 0 Å². The number of rotatable bonds is 14. The lowest BCUT2D eigenvalue weighted by atomic mass is 10.1. The fourth-order valence-electron chi connectivity index (χ4n) is 2.18. The van der Waals surface area contributed by atoms with Gasteiger partial charge in [-0.15, -0.1) is 0 Å². The van der Waals surface area contributed by atoms with Crippen LogP contribution in [0, 0.1) is 11.3 Å². The van der Waals surface area contributed by atoms with E-state index >= 15 is 0 Å². The lowest BCUT2D eigenvalue weighted by Crippen LogP contribution is -2.15. The van der Waals surface area contributed by atoms with Crippen molar-refractivity contribution in [1.29, 1.82) is 5.26 Å². The molecule has 0 aliphatic rings. The minimum Gasteiger partial charge on any atom is -0.316 e. The third-order valence-electron chi connectivity index (χ3n) is 3.37. The third kappa shape index (κ3) is 15.4. The van der Waals surface area contributed by atoms with E-state index < -0.39 is 0 Å². The van der Waals surface area contributed by atoms with Crippen LogP contribution in [-0.4, -0.2) is 13.1 Å². The van der Waals surface area contributed by atoms with Crippen LogP contribution in [0.1, 0.15) is 84.0 Å². The highest BCUT2D eigenvalue weighted by Crippen LogP contribution is 2.10. The molecule has 0 unspecified atom stereocenters. The lowest BCUT2D eigenvalue weighted by Gasteiger charge is -2.03. The molecule has 0 aromatic heterocycles. The van der Waals surface area contributed by atoms with Gasteiger partial charge < -0.3 is 5.32 Å². The Morgan fingerprint density at radius 2 is 1.22 bits per heavy atom. The maximum atomic E-state index is 8.37. The number of nitriles is 1. The molecule has 1 N–H and O–H groups in total. The van der Waals surface area contributed by atoms with Gasteiger partial charge >= 0.3 is 0 Å². The van der Waals surface area contributed by atoms with Gasteiger partial charge in [0.25, 0.3) is 0 Å². The Morgan fingerprint density at radius 1 is 0.722 bits per heavy atom. The summed E-state index contributed by atoms with van der Waals surface area (Å²) in [6, 6.07) is 2.15. The first-order valence-corrected chi connectivity index (χ1v) is 7.99. The molecule has 0 aliphatic heterocycles. The monoisotopic (exact) mass is 252 g/mol. The molecule has 18 heavy (non-hydrogen) atoms. The van der Waals surface area contributed by atoms with Crippen molar-refractivity contribution in [3.05, 3.63) is 0 Å². The van der Waals surface area contributed by atoms with Gasteiger partial charge in [0, 0.05) is 13.0 Å². The van der Waals surface area contributed by atoms with E-state index in [-0.39, 0.29) is 0 Å². The summed E-state index contributed by atoms with van der Waals surface area (Å²) < 4.78 is 0. The average Bonchev–Trinajstić information content (AvgIpc) is 2.39. The van der Waals surface area contributed by atoms with Gasteiger partial charge in [-0.25, -0.2) is 0 Å². The molecule has 106 valence electrons. The smallest absolute Gasteiger partial charge is 0.0635 e. The quantitative estimate of drug-likeness (QED) is 0.451. The van der Waals surface area contributed by atoms with Crippen molar-refractivity contribution in [1.82, 2.24) is 5.32 Å². The number of hydrogen-bond acceptors (Lipinski definition) is 2. The van der Waals surface area contributed by atoms with Crippen LogP contribution in [0.4, 0.5) is 0 Å². The molecule has 0 rings (SSSR count). The van der Waals surface area contributed by atoms with Crippen molar-refractivity contribution in [2.75, 3.05) is 13.1 Å². The second kappa shape index (κ2) is 16.4. The summed E-state index contributed by atoms with van der Waals surface area (Å²) in [6.07, 6.45) is 16.0. The Kier molecular flexibility index (Phi) is 15.9. The second-order valence-corrected chi connectivity index (χ2v) is 5.19. The van der Waals surface area contributed by atoms with Gasteiger partial charge in [0.1, 0.15) is 0 Å². The zero-order valence-electron chi connectivity index (χ0n) is 12.3. The van der Waals surface area contributed by atoms with Crippen molar-refractivity contribution in [3.63, 3.8) is 0 Å². The summed E-state index contributed by atoms with van der Waals surface area (Å²) in [5.74, 6) is 0. The van der Waals surface area contributed by atoms with Gasteiger partial charge in [-0.3, -0.25) is 0 Å². The zero-order chi connectivity index (χ0) is 13.3. The summed E-state index contributed by atoms with van der Waals surface area (Å²) in [6.45, 7) is 4.21. The molecule has 0 atom stereocenters. The Hall–Kier alpha value is -0.550. The van der Waals surface area contributed by atoms with Crippen molar-refractivity contribution in [3.8, 4) is 6.07 Å². The summed E-state index contributed by atoms with van der Waals surface area (Å²) in [7, 11) is 0. The fourth-order valence-corrected chi connectivity index (χ4v) is 2.18. The van der Waals surface area contributed by atoms with Crippen molar-refractivity contribution in [2.45, 2.75) is 84.0 Å².